The molecule has 2 rings (SSSR count). The van der Waals surface area contributed by atoms with E-state index in [0.717, 1.165) is 21.5 Å². The third kappa shape index (κ3) is 4.05. The highest BCUT2D eigenvalue weighted by molar-refractivity contribution is 9.10. The standard InChI is InChI=1S/C16H16BrClFN/c1-2-16(11-4-3-5-14(18)9-11)20-10-12-8-13(17)6-7-15(12)19/h3-9,16,20H,2,10H2,1H3. The fraction of sp³-hybridized carbons (Fsp3) is 0.250. The van der Waals surface area contributed by atoms with Gasteiger partial charge in [0.05, 0.1) is 0 Å². The Kier molecular flexibility index (Phi) is 5.58. The summed E-state index contributed by atoms with van der Waals surface area (Å²) in [5, 5.41) is 4.10. The molecular formula is C16H16BrClFN. The molecular weight excluding hydrogens is 341 g/mol. The molecule has 0 bridgehead atoms. The second-order valence-electron chi connectivity index (χ2n) is 4.63. The van der Waals surface area contributed by atoms with Crippen molar-refractivity contribution in [1.82, 2.24) is 5.32 Å². The third-order valence-corrected chi connectivity index (χ3v) is 3.93. The number of halogens is 3. The second-order valence-corrected chi connectivity index (χ2v) is 5.98. The Balaban J connectivity index is 2.09. The molecule has 2 aromatic rings. The summed E-state index contributed by atoms with van der Waals surface area (Å²) in [6, 6.07) is 12.9. The molecule has 0 saturated carbocycles. The number of rotatable bonds is 5. The highest BCUT2D eigenvalue weighted by Crippen LogP contribution is 2.22. The van der Waals surface area contributed by atoms with Gasteiger partial charge in [-0.05, 0) is 42.3 Å². The molecule has 106 valence electrons. The molecule has 0 amide bonds. The van der Waals surface area contributed by atoms with Gasteiger partial charge in [-0.25, -0.2) is 4.39 Å². The van der Waals surface area contributed by atoms with Crippen molar-refractivity contribution in [3.05, 3.63) is 68.9 Å². The van der Waals surface area contributed by atoms with Crippen LogP contribution in [0.3, 0.4) is 0 Å². The van der Waals surface area contributed by atoms with E-state index in [1.54, 1.807) is 12.1 Å². The van der Waals surface area contributed by atoms with Crippen molar-refractivity contribution in [2.24, 2.45) is 0 Å². The second kappa shape index (κ2) is 7.21. The Hall–Kier alpha value is -0.900. The molecule has 0 fully saturated rings. The molecule has 0 aromatic heterocycles. The molecule has 2 aromatic carbocycles. The van der Waals surface area contributed by atoms with Crippen LogP contribution < -0.4 is 5.32 Å². The van der Waals surface area contributed by atoms with E-state index in [-0.39, 0.29) is 11.9 Å². The summed E-state index contributed by atoms with van der Waals surface area (Å²) in [5.74, 6) is -0.193. The molecule has 0 saturated heterocycles. The van der Waals surface area contributed by atoms with Crippen LogP contribution in [-0.4, -0.2) is 0 Å². The molecule has 1 unspecified atom stereocenters. The number of hydrogen-bond acceptors (Lipinski definition) is 1. The molecule has 1 N–H and O–H groups in total. The Morgan fingerprint density at radius 1 is 1.25 bits per heavy atom. The molecule has 0 radical (unpaired) electrons. The molecule has 1 nitrogen and oxygen atoms in total. The first kappa shape index (κ1) is 15.5. The maximum Gasteiger partial charge on any atom is 0.127 e. The van der Waals surface area contributed by atoms with Gasteiger partial charge in [-0.2, -0.15) is 0 Å². The van der Waals surface area contributed by atoms with Crippen LogP contribution in [0.4, 0.5) is 4.39 Å². The summed E-state index contributed by atoms with van der Waals surface area (Å²) in [5.41, 5.74) is 1.77. The predicted molar refractivity (Wildman–Crippen MR) is 85.4 cm³/mol. The van der Waals surface area contributed by atoms with Crippen LogP contribution in [-0.2, 0) is 6.54 Å². The molecule has 0 aliphatic rings. The third-order valence-electron chi connectivity index (χ3n) is 3.21. The van der Waals surface area contributed by atoms with Gasteiger partial charge in [0.1, 0.15) is 5.82 Å². The van der Waals surface area contributed by atoms with Crippen LogP contribution in [0.25, 0.3) is 0 Å². The van der Waals surface area contributed by atoms with Gasteiger partial charge in [0.2, 0.25) is 0 Å². The average Bonchev–Trinajstić information content (AvgIpc) is 2.43. The molecule has 20 heavy (non-hydrogen) atoms. The molecule has 0 spiro atoms. The summed E-state index contributed by atoms with van der Waals surface area (Å²) in [6.07, 6.45) is 0.913. The van der Waals surface area contributed by atoms with Crippen LogP contribution in [0.5, 0.6) is 0 Å². The van der Waals surface area contributed by atoms with E-state index in [1.165, 1.54) is 6.07 Å². The first-order valence-corrected chi connectivity index (χ1v) is 7.70. The molecule has 0 aliphatic carbocycles. The Labute approximate surface area is 132 Å². The van der Waals surface area contributed by atoms with Crippen molar-refractivity contribution in [3.63, 3.8) is 0 Å². The van der Waals surface area contributed by atoms with E-state index in [0.29, 0.717) is 12.1 Å². The van der Waals surface area contributed by atoms with E-state index < -0.39 is 0 Å². The lowest BCUT2D eigenvalue weighted by molar-refractivity contribution is 0.504. The highest BCUT2D eigenvalue weighted by atomic mass is 79.9. The summed E-state index contributed by atoms with van der Waals surface area (Å²) in [4.78, 5) is 0. The van der Waals surface area contributed by atoms with Gasteiger partial charge < -0.3 is 5.32 Å². The largest absolute Gasteiger partial charge is 0.306 e. The number of benzene rings is 2. The smallest absolute Gasteiger partial charge is 0.127 e. The van der Waals surface area contributed by atoms with Crippen molar-refractivity contribution in [2.45, 2.75) is 25.9 Å². The van der Waals surface area contributed by atoms with Gasteiger partial charge in [0.25, 0.3) is 0 Å². The lowest BCUT2D eigenvalue weighted by Crippen LogP contribution is -2.20. The van der Waals surface area contributed by atoms with Crippen molar-refractivity contribution in [3.8, 4) is 0 Å². The summed E-state index contributed by atoms with van der Waals surface area (Å²) in [7, 11) is 0. The first-order chi connectivity index (χ1) is 9.60. The number of hydrogen-bond donors (Lipinski definition) is 1. The maximum absolute atomic E-state index is 13.7. The average molecular weight is 357 g/mol. The zero-order chi connectivity index (χ0) is 14.5. The van der Waals surface area contributed by atoms with Crippen LogP contribution in [0.2, 0.25) is 5.02 Å². The zero-order valence-electron chi connectivity index (χ0n) is 11.2. The van der Waals surface area contributed by atoms with E-state index in [1.807, 2.05) is 24.3 Å². The summed E-state index contributed by atoms with van der Waals surface area (Å²) < 4.78 is 14.6. The normalized spacial score (nSPS) is 12.4. The van der Waals surface area contributed by atoms with Gasteiger partial charge in [0, 0.05) is 27.6 Å². The van der Waals surface area contributed by atoms with E-state index in [2.05, 4.69) is 28.2 Å². The van der Waals surface area contributed by atoms with Crippen LogP contribution >= 0.6 is 27.5 Å². The number of nitrogens with one attached hydrogen (secondary N) is 1. The van der Waals surface area contributed by atoms with Crippen molar-refractivity contribution >= 4 is 27.5 Å². The molecule has 0 heterocycles. The van der Waals surface area contributed by atoms with Crippen LogP contribution in [0.15, 0.2) is 46.9 Å². The lowest BCUT2D eigenvalue weighted by atomic mass is 10.0. The van der Waals surface area contributed by atoms with Crippen LogP contribution in [0, 0.1) is 5.82 Å². The van der Waals surface area contributed by atoms with Gasteiger partial charge in [0.15, 0.2) is 0 Å². The minimum absolute atomic E-state index is 0.159. The van der Waals surface area contributed by atoms with Gasteiger partial charge in [-0.1, -0.05) is 46.6 Å². The predicted octanol–water partition coefficient (Wildman–Crippen LogP) is 5.48. The Morgan fingerprint density at radius 3 is 2.75 bits per heavy atom. The maximum atomic E-state index is 13.7. The van der Waals surface area contributed by atoms with Crippen molar-refractivity contribution in [2.75, 3.05) is 0 Å². The van der Waals surface area contributed by atoms with Crippen molar-refractivity contribution in [1.29, 1.82) is 0 Å². The molecule has 1 atom stereocenters. The topological polar surface area (TPSA) is 12.0 Å². The van der Waals surface area contributed by atoms with Gasteiger partial charge in [-0.15, -0.1) is 0 Å². The highest BCUT2D eigenvalue weighted by Gasteiger charge is 2.10. The lowest BCUT2D eigenvalue weighted by Gasteiger charge is -2.18. The van der Waals surface area contributed by atoms with Crippen LogP contribution in [0.1, 0.15) is 30.5 Å². The van der Waals surface area contributed by atoms with Gasteiger partial charge >= 0.3 is 0 Å². The minimum atomic E-state index is -0.193. The monoisotopic (exact) mass is 355 g/mol. The Bertz CT molecular complexity index is 588. The minimum Gasteiger partial charge on any atom is -0.306 e. The Morgan fingerprint density at radius 2 is 2.05 bits per heavy atom. The van der Waals surface area contributed by atoms with Crippen molar-refractivity contribution < 1.29 is 4.39 Å². The van der Waals surface area contributed by atoms with E-state index in [4.69, 9.17) is 11.6 Å². The van der Waals surface area contributed by atoms with E-state index >= 15 is 0 Å². The first-order valence-electron chi connectivity index (χ1n) is 6.53. The molecule has 4 heteroatoms. The SMILES string of the molecule is CCC(NCc1cc(Br)ccc1F)c1cccc(Cl)c1. The zero-order valence-corrected chi connectivity index (χ0v) is 13.5. The fourth-order valence-corrected chi connectivity index (χ4v) is 2.74. The fourth-order valence-electron chi connectivity index (χ4n) is 2.13. The summed E-state index contributed by atoms with van der Waals surface area (Å²) >= 11 is 9.38. The van der Waals surface area contributed by atoms with Gasteiger partial charge in [-0.3, -0.25) is 0 Å². The quantitative estimate of drug-likeness (QED) is 0.747. The summed E-state index contributed by atoms with van der Waals surface area (Å²) in [6.45, 7) is 2.58. The molecule has 0 aliphatic heterocycles. The van der Waals surface area contributed by atoms with E-state index in [9.17, 15) is 4.39 Å².